The molecule has 251 valence electrons. The summed E-state index contributed by atoms with van der Waals surface area (Å²) < 4.78 is 6.39. The third-order valence-electron chi connectivity index (χ3n) is 8.92. The van der Waals surface area contributed by atoms with Gasteiger partial charge in [0.1, 0.15) is 5.58 Å². The van der Waals surface area contributed by atoms with Gasteiger partial charge >= 0.3 is 0 Å². The molecule has 50 heavy (non-hydrogen) atoms. The van der Waals surface area contributed by atoms with Gasteiger partial charge in [0.05, 0.1) is 5.58 Å². The van der Waals surface area contributed by atoms with E-state index >= 15 is 0 Å². The molecule has 0 bridgehead atoms. The fourth-order valence-electron chi connectivity index (χ4n) is 6.30. The SMILES string of the molecule is CC(C)(C)Cc1ccnc(-c2[c-]ccc3c2oc2c4ccncc4ccc32)c1.Cc1cnc(-c2[c-]cc(C)c(-c3ccccc3)c2)cc1C.[Ir]. The second-order valence-electron chi connectivity index (χ2n) is 14.0. The average Bonchev–Trinajstić information content (AvgIpc) is 3.49. The Morgan fingerprint density at radius 1 is 0.680 bits per heavy atom. The molecule has 4 heterocycles. The first-order valence-corrected chi connectivity index (χ1v) is 16.7. The summed E-state index contributed by atoms with van der Waals surface area (Å²) in [6.45, 7) is 13.1. The Hall–Kier alpha value is -4.96. The largest absolute Gasteiger partial charge is 0.500 e. The van der Waals surface area contributed by atoms with E-state index in [2.05, 4.69) is 141 Å². The molecular formula is C45H39IrN3O-2. The summed E-state index contributed by atoms with van der Waals surface area (Å²) in [4.78, 5) is 13.4. The number of furan rings is 1. The number of fused-ring (bicyclic) bond motifs is 5. The predicted octanol–water partition coefficient (Wildman–Crippen LogP) is 11.7. The summed E-state index contributed by atoms with van der Waals surface area (Å²) in [6, 6.07) is 38.0. The molecule has 0 fully saturated rings. The van der Waals surface area contributed by atoms with Gasteiger partial charge in [-0.25, -0.2) is 0 Å². The van der Waals surface area contributed by atoms with Crippen molar-refractivity contribution in [2.75, 3.05) is 0 Å². The molecule has 5 heteroatoms. The number of aryl methyl sites for hydroxylation is 3. The first-order valence-electron chi connectivity index (χ1n) is 16.7. The summed E-state index contributed by atoms with van der Waals surface area (Å²) in [6.07, 6.45) is 8.48. The van der Waals surface area contributed by atoms with E-state index in [4.69, 9.17) is 4.42 Å². The van der Waals surface area contributed by atoms with Gasteiger partial charge in [-0.05, 0) is 60.3 Å². The molecule has 0 aliphatic carbocycles. The summed E-state index contributed by atoms with van der Waals surface area (Å²) in [5, 5.41) is 4.34. The molecule has 0 aliphatic rings. The van der Waals surface area contributed by atoms with Crippen molar-refractivity contribution >= 4 is 32.7 Å². The number of hydrogen-bond donors (Lipinski definition) is 0. The smallest absolute Gasteiger partial charge is 0.128 e. The zero-order valence-corrected chi connectivity index (χ0v) is 31.7. The van der Waals surface area contributed by atoms with Gasteiger partial charge in [-0.1, -0.05) is 110 Å². The maximum Gasteiger partial charge on any atom is 0.128 e. The molecule has 0 saturated carbocycles. The first kappa shape index (κ1) is 34.9. The Morgan fingerprint density at radius 2 is 1.48 bits per heavy atom. The third kappa shape index (κ3) is 7.31. The molecule has 0 saturated heterocycles. The van der Waals surface area contributed by atoms with Crippen LogP contribution in [0.2, 0.25) is 0 Å². The number of rotatable bonds is 4. The van der Waals surface area contributed by atoms with Gasteiger partial charge in [0, 0.05) is 61.1 Å². The molecule has 8 rings (SSSR count). The van der Waals surface area contributed by atoms with Crippen LogP contribution < -0.4 is 0 Å². The molecule has 8 aromatic rings. The van der Waals surface area contributed by atoms with E-state index in [0.29, 0.717) is 0 Å². The zero-order valence-electron chi connectivity index (χ0n) is 29.3. The van der Waals surface area contributed by atoms with Crippen LogP contribution in [-0.2, 0) is 26.5 Å². The van der Waals surface area contributed by atoms with E-state index in [1.165, 1.54) is 33.4 Å². The molecule has 0 amide bonds. The number of benzene rings is 4. The van der Waals surface area contributed by atoms with E-state index < -0.39 is 0 Å². The standard InChI is InChI=1S/C25H21N2O.C20H18N.Ir/c1-25(2,3)14-16-9-12-27-22(13-16)21-6-4-5-19-20-8-7-17-15-26-11-10-18(17)23(20)28-24(19)21;1-14-9-10-18(20-11-15(2)16(3)13-21-20)12-19(14)17-7-5-4-6-8-17;/h4-5,7-13,15H,14H2,1-3H3;4-9,11-13H,1-3H3;/q2*-1;. The maximum atomic E-state index is 6.39. The number of nitrogens with zero attached hydrogens (tertiary/aromatic N) is 3. The molecule has 0 N–H and O–H groups in total. The van der Waals surface area contributed by atoms with E-state index in [-0.39, 0.29) is 25.5 Å². The second kappa shape index (κ2) is 14.5. The van der Waals surface area contributed by atoms with Crippen molar-refractivity contribution in [3.8, 4) is 33.6 Å². The van der Waals surface area contributed by atoms with Gasteiger partial charge in [0.25, 0.3) is 0 Å². The molecule has 1 radical (unpaired) electrons. The van der Waals surface area contributed by atoms with Gasteiger partial charge < -0.3 is 14.4 Å². The van der Waals surface area contributed by atoms with Crippen molar-refractivity contribution < 1.29 is 24.5 Å². The van der Waals surface area contributed by atoms with Crippen LogP contribution in [0.5, 0.6) is 0 Å². The Labute approximate surface area is 308 Å². The van der Waals surface area contributed by atoms with Crippen LogP contribution in [0.3, 0.4) is 0 Å². The summed E-state index contributed by atoms with van der Waals surface area (Å²) in [5.41, 5.74) is 13.2. The minimum atomic E-state index is 0. The minimum absolute atomic E-state index is 0. The normalized spacial score (nSPS) is 11.3. The molecule has 0 spiro atoms. The molecular weight excluding hydrogens is 791 g/mol. The minimum Gasteiger partial charge on any atom is -0.500 e. The van der Waals surface area contributed by atoms with Crippen LogP contribution >= 0.6 is 0 Å². The Morgan fingerprint density at radius 3 is 2.26 bits per heavy atom. The van der Waals surface area contributed by atoms with Crippen molar-refractivity contribution in [3.63, 3.8) is 0 Å². The van der Waals surface area contributed by atoms with Gasteiger partial charge in [-0.2, -0.15) is 0 Å². The first-order chi connectivity index (χ1) is 23.6. The van der Waals surface area contributed by atoms with Gasteiger partial charge in [-0.3, -0.25) is 4.98 Å². The summed E-state index contributed by atoms with van der Waals surface area (Å²) >= 11 is 0. The van der Waals surface area contributed by atoms with E-state index in [1.54, 1.807) is 6.20 Å². The average molecular weight is 830 g/mol. The fourth-order valence-corrected chi connectivity index (χ4v) is 6.30. The zero-order chi connectivity index (χ0) is 34.1. The third-order valence-corrected chi connectivity index (χ3v) is 8.92. The molecule has 0 atom stereocenters. The Kier molecular flexibility index (Phi) is 10.1. The Bertz CT molecular complexity index is 2440. The van der Waals surface area contributed by atoms with Gasteiger partial charge in [0.15, 0.2) is 0 Å². The van der Waals surface area contributed by atoms with Crippen LogP contribution in [0.4, 0.5) is 0 Å². The van der Waals surface area contributed by atoms with Crippen LogP contribution in [-0.4, -0.2) is 15.0 Å². The van der Waals surface area contributed by atoms with Crippen LogP contribution in [0.1, 0.15) is 43.0 Å². The van der Waals surface area contributed by atoms with Gasteiger partial charge in [0.2, 0.25) is 0 Å². The predicted molar refractivity (Wildman–Crippen MR) is 202 cm³/mol. The molecule has 4 aromatic carbocycles. The topological polar surface area (TPSA) is 51.8 Å². The summed E-state index contributed by atoms with van der Waals surface area (Å²) in [7, 11) is 0. The van der Waals surface area contributed by atoms with Crippen molar-refractivity contribution in [3.05, 3.63) is 150 Å². The van der Waals surface area contributed by atoms with Crippen LogP contribution in [0, 0.1) is 38.3 Å². The maximum absolute atomic E-state index is 6.39. The molecule has 4 aromatic heterocycles. The molecule has 0 aliphatic heterocycles. The van der Waals surface area contributed by atoms with E-state index in [1.807, 2.05) is 36.8 Å². The van der Waals surface area contributed by atoms with Crippen LogP contribution in [0.15, 0.2) is 120 Å². The number of pyridine rings is 3. The van der Waals surface area contributed by atoms with Gasteiger partial charge in [-0.15, -0.1) is 47.5 Å². The van der Waals surface area contributed by atoms with Crippen molar-refractivity contribution in [2.45, 2.75) is 48.0 Å². The van der Waals surface area contributed by atoms with Crippen molar-refractivity contribution in [1.29, 1.82) is 0 Å². The monoisotopic (exact) mass is 830 g/mol. The van der Waals surface area contributed by atoms with Crippen molar-refractivity contribution in [2.24, 2.45) is 5.41 Å². The fraction of sp³-hybridized carbons (Fsp3) is 0.178. The Balaban J connectivity index is 0.000000177. The second-order valence-corrected chi connectivity index (χ2v) is 14.0. The molecule has 0 unspecified atom stereocenters. The number of hydrogen-bond acceptors (Lipinski definition) is 4. The number of aromatic nitrogens is 3. The van der Waals surface area contributed by atoms with E-state index in [0.717, 1.165) is 61.6 Å². The van der Waals surface area contributed by atoms with Crippen LogP contribution in [0.25, 0.3) is 66.4 Å². The van der Waals surface area contributed by atoms with Crippen molar-refractivity contribution in [1.82, 2.24) is 15.0 Å². The quantitative estimate of drug-likeness (QED) is 0.166. The van der Waals surface area contributed by atoms with E-state index in [9.17, 15) is 0 Å². The summed E-state index contributed by atoms with van der Waals surface area (Å²) in [5.74, 6) is 0. The molecule has 4 nitrogen and oxygen atoms in total.